The van der Waals surface area contributed by atoms with Gasteiger partial charge in [0.2, 0.25) is 29.5 Å². The fourth-order valence-corrected chi connectivity index (χ4v) is 7.05. The van der Waals surface area contributed by atoms with Gasteiger partial charge in [-0.1, -0.05) is 102 Å². The van der Waals surface area contributed by atoms with Gasteiger partial charge in [-0.3, -0.25) is 24.0 Å². The SMILES string of the molecule is CC(C)C[C@H](NC(=O)OC(C)(C)C)C(=O)N[C@H](Cc1ccccc1)C(=O)N1CCC[C@H]1C(=O)N[C@@H](Cc1ccccc1)C(=O)N[C@H](CC(C)C)C(=O)N[C@H](C(=O)O)C(C)C. The van der Waals surface area contributed by atoms with Crippen molar-refractivity contribution in [1.82, 2.24) is 31.5 Å². The molecular formula is C45H66N6O9. The molecule has 0 unspecified atom stereocenters. The van der Waals surface area contributed by atoms with Crippen molar-refractivity contribution < 1.29 is 43.4 Å². The highest BCUT2D eigenvalue weighted by atomic mass is 16.6. The van der Waals surface area contributed by atoms with Crippen molar-refractivity contribution >= 4 is 41.6 Å². The van der Waals surface area contributed by atoms with E-state index in [0.717, 1.165) is 11.1 Å². The predicted octanol–water partition coefficient (Wildman–Crippen LogP) is 4.13. The van der Waals surface area contributed by atoms with Crippen LogP contribution in [0.3, 0.4) is 0 Å². The normalized spacial score (nSPS) is 16.6. The van der Waals surface area contributed by atoms with E-state index in [0.29, 0.717) is 12.8 Å². The van der Waals surface area contributed by atoms with Crippen LogP contribution < -0.4 is 26.6 Å². The van der Waals surface area contributed by atoms with E-state index in [1.165, 1.54) is 4.90 Å². The van der Waals surface area contributed by atoms with Crippen LogP contribution in [0.15, 0.2) is 60.7 Å². The Morgan fingerprint density at radius 3 is 1.62 bits per heavy atom. The molecule has 1 heterocycles. The number of hydrogen-bond donors (Lipinski definition) is 6. The lowest BCUT2D eigenvalue weighted by Crippen LogP contribution is -2.60. The van der Waals surface area contributed by atoms with Gasteiger partial charge in [-0.2, -0.15) is 0 Å². The van der Waals surface area contributed by atoms with Crippen LogP contribution in [0.5, 0.6) is 0 Å². The molecule has 0 saturated carbocycles. The van der Waals surface area contributed by atoms with Crippen LogP contribution in [0.1, 0.15) is 99.1 Å². The van der Waals surface area contributed by atoms with Crippen LogP contribution in [-0.4, -0.2) is 100 Å². The summed E-state index contributed by atoms with van der Waals surface area (Å²) in [5.41, 5.74) is 0.693. The molecule has 1 aliphatic heterocycles. The Morgan fingerprint density at radius 1 is 0.667 bits per heavy atom. The van der Waals surface area contributed by atoms with Crippen molar-refractivity contribution in [2.45, 2.75) is 143 Å². The van der Waals surface area contributed by atoms with Gasteiger partial charge in [-0.05, 0) is 75.3 Å². The molecule has 0 aromatic heterocycles. The number of alkyl carbamates (subject to hydrolysis) is 1. The van der Waals surface area contributed by atoms with Crippen molar-refractivity contribution in [3.05, 3.63) is 71.8 Å². The highest BCUT2D eigenvalue weighted by Crippen LogP contribution is 2.21. The summed E-state index contributed by atoms with van der Waals surface area (Å²) >= 11 is 0. The standard InChI is InChI=1S/C45H66N6O9/c1-27(2)23-32(40(54)50-37(29(5)6)43(57)58)46-39(53)34(25-30-17-12-10-13-18-30)47-41(55)36-21-16-22-51(36)42(56)35(26-31-19-14-11-15-20-31)48-38(52)33(24-28(3)4)49-44(59)60-45(7,8)9/h10-15,17-20,27-29,32-37H,16,21-26H2,1-9H3,(H,46,53)(H,47,55)(H,48,52)(H,49,59)(H,50,54)(H,57,58)/t32-,33+,34+,35-,36+,37+/m1/s1. The minimum atomic E-state index is -1.20. The quantitative estimate of drug-likeness (QED) is 0.113. The van der Waals surface area contributed by atoms with E-state index in [1.54, 1.807) is 58.9 Å². The second-order valence-electron chi connectivity index (χ2n) is 17.8. The molecule has 0 aliphatic carbocycles. The lowest BCUT2D eigenvalue weighted by atomic mass is 9.99. The molecule has 1 fully saturated rings. The largest absolute Gasteiger partial charge is 0.480 e. The summed E-state index contributed by atoms with van der Waals surface area (Å²) in [5.74, 6) is -4.63. The number of hydrogen-bond acceptors (Lipinski definition) is 8. The summed E-state index contributed by atoms with van der Waals surface area (Å²) in [6.45, 7) is 16.3. The molecule has 0 spiro atoms. The fourth-order valence-electron chi connectivity index (χ4n) is 7.05. The summed E-state index contributed by atoms with van der Waals surface area (Å²) in [5, 5.41) is 23.4. The van der Waals surface area contributed by atoms with Gasteiger partial charge in [0.05, 0.1) is 0 Å². The molecule has 3 rings (SSSR count). The Hall–Kier alpha value is -5.47. The second kappa shape index (κ2) is 22.8. The summed E-state index contributed by atoms with van der Waals surface area (Å²) in [6, 6.07) is 11.6. The van der Waals surface area contributed by atoms with Crippen LogP contribution in [0.4, 0.5) is 4.79 Å². The minimum Gasteiger partial charge on any atom is -0.480 e. The smallest absolute Gasteiger partial charge is 0.408 e. The summed E-state index contributed by atoms with van der Waals surface area (Å²) < 4.78 is 5.42. The number of amides is 6. The maximum atomic E-state index is 14.5. The van der Waals surface area contributed by atoms with Crippen LogP contribution in [0.25, 0.3) is 0 Å². The number of carboxylic acids is 1. The first-order valence-corrected chi connectivity index (χ1v) is 21.0. The molecule has 0 radical (unpaired) electrons. The lowest BCUT2D eigenvalue weighted by molar-refractivity contribution is -0.143. The van der Waals surface area contributed by atoms with Gasteiger partial charge in [-0.15, -0.1) is 0 Å². The van der Waals surface area contributed by atoms with Crippen LogP contribution >= 0.6 is 0 Å². The molecule has 330 valence electrons. The minimum absolute atomic E-state index is 0.00313. The predicted molar refractivity (Wildman–Crippen MR) is 227 cm³/mol. The number of ether oxygens (including phenoxy) is 1. The highest BCUT2D eigenvalue weighted by molar-refractivity contribution is 5.97. The molecule has 6 amide bonds. The van der Waals surface area contributed by atoms with Crippen LogP contribution in [-0.2, 0) is 46.3 Å². The van der Waals surface area contributed by atoms with Gasteiger partial charge in [0, 0.05) is 19.4 Å². The average molecular weight is 835 g/mol. The first kappa shape index (κ1) is 48.9. The maximum absolute atomic E-state index is 14.5. The molecule has 0 bridgehead atoms. The lowest BCUT2D eigenvalue weighted by Gasteiger charge is -2.31. The third-order valence-electron chi connectivity index (χ3n) is 9.94. The van der Waals surface area contributed by atoms with E-state index in [-0.39, 0.29) is 44.1 Å². The monoisotopic (exact) mass is 834 g/mol. The van der Waals surface area contributed by atoms with Gasteiger partial charge in [-0.25, -0.2) is 9.59 Å². The number of nitrogens with one attached hydrogen (secondary N) is 5. The van der Waals surface area contributed by atoms with Crippen LogP contribution in [0, 0.1) is 17.8 Å². The van der Waals surface area contributed by atoms with Crippen molar-refractivity contribution in [3.63, 3.8) is 0 Å². The zero-order chi connectivity index (χ0) is 44.7. The van der Waals surface area contributed by atoms with E-state index >= 15 is 0 Å². The number of carbonyl (C=O) groups excluding carboxylic acids is 6. The van der Waals surface area contributed by atoms with Gasteiger partial charge in [0.25, 0.3) is 0 Å². The molecule has 2 aromatic rings. The number of nitrogens with zero attached hydrogens (tertiary/aromatic N) is 1. The number of rotatable bonds is 20. The molecule has 6 N–H and O–H groups in total. The number of aliphatic carboxylic acids is 1. The Labute approximate surface area is 354 Å². The summed E-state index contributed by atoms with van der Waals surface area (Å²) in [4.78, 5) is 96.3. The van der Waals surface area contributed by atoms with Gasteiger partial charge in [0.15, 0.2) is 0 Å². The first-order chi connectivity index (χ1) is 28.1. The van der Waals surface area contributed by atoms with Crippen molar-refractivity contribution in [3.8, 4) is 0 Å². The number of benzene rings is 2. The molecule has 1 saturated heterocycles. The molecule has 60 heavy (non-hydrogen) atoms. The topological polar surface area (TPSA) is 212 Å². The average Bonchev–Trinajstić information content (AvgIpc) is 3.65. The van der Waals surface area contributed by atoms with E-state index in [2.05, 4.69) is 26.6 Å². The Bertz CT molecular complexity index is 1760. The Kier molecular flexibility index (Phi) is 18.6. The van der Waals surface area contributed by atoms with Gasteiger partial charge in [0.1, 0.15) is 41.9 Å². The van der Waals surface area contributed by atoms with E-state index in [9.17, 15) is 38.7 Å². The Morgan fingerprint density at radius 2 is 1.13 bits per heavy atom. The first-order valence-electron chi connectivity index (χ1n) is 21.0. The number of carboxylic acid groups (broad SMARTS) is 1. The summed E-state index contributed by atoms with van der Waals surface area (Å²) in [6.07, 6.45) is 0.661. The fraction of sp³-hybridized carbons (Fsp3) is 0.578. The van der Waals surface area contributed by atoms with Crippen LogP contribution in [0.2, 0.25) is 0 Å². The van der Waals surface area contributed by atoms with Gasteiger partial charge < -0.3 is 41.3 Å². The Balaban J connectivity index is 1.90. The van der Waals surface area contributed by atoms with E-state index in [1.807, 2.05) is 64.1 Å². The molecular weight excluding hydrogens is 769 g/mol. The van der Waals surface area contributed by atoms with E-state index in [4.69, 9.17) is 4.74 Å². The number of carbonyl (C=O) groups is 7. The zero-order valence-electron chi connectivity index (χ0n) is 36.6. The third kappa shape index (κ3) is 15.9. The molecule has 15 heteroatoms. The number of likely N-dealkylation sites (tertiary alicyclic amines) is 1. The van der Waals surface area contributed by atoms with E-state index < -0.39 is 89.4 Å². The maximum Gasteiger partial charge on any atom is 0.408 e. The second-order valence-corrected chi connectivity index (χ2v) is 17.8. The highest BCUT2D eigenvalue weighted by Gasteiger charge is 2.40. The third-order valence-corrected chi connectivity index (χ3v) is 9.94. The zero-order valence-corrected chi connectivity index (χ0v) is 36.6. The van der Waals surface area contributed by atoms with Gasteiger partial charge >= 0.3 is 12.1 Å². The van der Waals surface area contributed by atoms with Crippen molar-refractivity contribution in [2.75, 3.05) is 6.54 Å². The summed E-state index contributed by atoms with van der Waals surface area (Å²) in [7, 11) is 0. The molecule has 15 nitrogen and oxygen atoms in total. The molecule has 2 aromatic carbocycles. The van der Waals surface area contributed by atoms with Crippen molar-refractivity contribution in [1.29, 1.82) is 0 Å². The molecule has 6 atom stereocenters. The van der Waals surface area contributed by atoms with Crippen molar-refractivity contribution in [2.24, 2.45) is 17.8 Å². The molecule has 1 aliphatic rings.